The number of hydrogen-bond donors (Lipinski definition) is 0. The van der Waals surface area contributed by atoms with Gasteiger partial charge in [-0.05, 0) is 61.4 Å². The van der Waals surface area contributed by atoms with Crippen LogP contribution < -0.4 is 29.1 Å². The smallest absolute Gasteiger partial charge is 0.338 e. The summed E-state index contributed by atoms with van der Waals surface area (Å²) in [6.45, 7) is 6.06. The van der Waals surface area contributed by atoms with Crippen LogP contribution in [0.2, 0.25) is 0 Å². The maximum absolute atomic E-state index is 14.2. The number of fused-ring (bicyclic) bond motifs is 2. The fraction of sp³-hybridized carbons (Fsp3) is 0.258. The summed E-state index contributed by atoms with van der Waals surface area (Å²) in [7, 11) is 3.15. The molecular weight excluding hydrogens is 608 g/mol. The van der Waals surface area contributed by atoms with Gasteiger partial charge in [-0.3, -0.25) is 9.36 Å². The number of methoxy groups -OCH3 is 2. The molecule has 1 aliphatic rings. The van der Waals surface area contributed by atoms with E-state index in [2.05, 4.69) is 15.9 Å². The molecule has 41 heavy (non-hydrogen) atoms. The number of benzene rings is 3. The summed E-state index contributed by atoms with van der Waals surface area (Å²) in [6, 6.07) is 14.4. The molecule has 0 fully saturated rings. The van der Waals surface area contributed by atoms with Gasteiger partial charge in [-0.15, -0.1) is 0 Å². The first-order chi connectivity index (χ1) is 19.8. The molecule has 0 N–H and O–H groups in total. The molecule has 212 valence electrons. The predicted octanol–water partition coefficient (Wildman–Crippen LogP) is 5.13. The number of rotatable bonds is 8. The summed E-state index contributed by atoms with van der Waals surface area (Å²) in [5, 5.41) is 1.82. The lowest BCUT2D eigenvalue weighted by Gasteiger charge is -2.27. The lowest BCUT2D eigenvalue weighted by atomic mass is 9.90. The van der Waals surface area contributed by atoms with E-state index in [1.165, 1.54) is 11.3 Å². The van der Waals surface area contributed by atoms with Gasteiger partial charge in [0.05, 0.1) is 43.2 Å². The van der Waals surface area contributed by atoms with Gasteiger partial charge in [0.15, 0.2) is 16.3 Å². The van der Waals surface area contributed by atoms with Crippen LogP contribution in [-0.4, -0.2) is 38.0 Å². The van der Waals surface area contributed by atoms with E-state index in [9.17, 15) is 9.59 Å². The Labute approximate surface area is 249 Å². The van der Waals surface area contributed by atoms with Crippen LogP contribution in [0.1, 0.15) is 37.9 Å². The van der Waals surface area contributed by atoms with Crippen molar-refractivity contribution in [3.8, 4) is 17.2 Å². The number of halogens is 1. The summed E-state index contributed by atoms with van der Waals surface area (Å²) in [4.78, 5) is 32.8. The summed E-state index contributed by atoms with van der Waals surface area (Å²) in [5.41, 5.74) is 1.92. The van der Waals surface area contributed by atoms with Crippen LogP contribution in [0.3, 0.4) is 0 Å². The van der Waals surface area contributed by atoms with Crippen LogP contribution in [0.15, 0.2) is 74.1 Å². The van der Waals surface area contributed by atoms with Crippen molar-refractivity contribution < 1.29 is 23.7 Å². The van der Waals surface area contributed by atoms with Gasteiger partial charge in [0, 0.05) is 10.0 Å². The second-order valence-corrected chi connectivity index (χ2v) is 11.0. The lowest BCUT2D eigenvalue weighted by Crippen LogP contribution is -2.40. The molecule has 0 saturated carbocycles. The first-order valence-electron chi connectivity index (χ1n) is 13.1. The minimum absolute atomic E-state index is 0.188. The molecule has 3 aromatic carbocycles. The number of ether oxygens (including phenoxy) is 4. The third kappa shape index (κ3) is 5.17. The van der Waals surface area contributed by atoms with Crippen LogP contribution in [0, 0.1) is 0 Å². The highest BCUT2D eigenvalue weighted by molar-refractivity contribution is 9.10. The Morgan fingerprint density at radius 3 is 2.51 bits per heavy atom. The maximum Gasteiger partial charge on any atom is 0.338 e. The van der Waals surface area contributed by atoms with Crippen LogP contribution in [0.5, 0.6) is 17.2 Å². The van der Waals surface area contributed by atoms with E-state index in [4.69, 9.17) is 23.9 Å². The largest absolute Gasteiger partial charge is 0.496 e. The van der Waals surface area contributed by atoms with Gasteiger partial charge in [-0.1, -0.05) is 57.6 Å². The van der Waals surface area contributed by atoms with Crippen molar-refractivity contribution in [2.24, 2.45) is 4.99 Å². The van der Waals surface area contributed by atoms with Crippen molar-refractivity contribution >= 4 is 50.1 Å². The number of allylic oxidation sites excluding steroid dienone is 1. The number of esters is 1. The molecule has 5 rings (SSSR count). The molecule has 0 aliphatic carbocycles. The lowest BCUT2D eigenvalue weighted by molar-refractivity contribution is -0.139. The number of thiazole rings is 1. The Kier molecular flexibility index (Phi) is 8.32. The van der Waals surface area contributed by atoms with Crippen LogP contribution in [0.4, 0.5) is 0 Å². The maximum atomic E-state index is 14.2. The molecule has 0 radical (unpaired) electrons. The van der Waals surface area contributed by atoms with E-state index < -0.39 is 12.0 Å². The molecule has 0 bridgehead atoms. The highest BCUT2D eigenvalue weighted by Crippen LogP contribution is 2.40. The second kappa shape index (κ2) is 11.9. The molecule has 0 amide bonds. The number of aromatic nitrogens is 1. The Morgan fingerprint density at radius 1 is 1.05 bits per heavy atom. The fourth-order valence-electron chi connectivity index (χ4n) is 5.03. The van der Waals surface area contributed by atoms with Gasteiger partial charge in [-0.25, -0.2) is 9.79 Å². The van der Waals surface area contributed by atoms with Crippen molar-refractivity contribution in [2.75, 3.05) is 27.4 Å². The average molecular weight is 638 g/mol. The molecular formula is C31H29BrN2O6S. The monoisotopic (exact) mass is 636 g/mol. The summed E-state index contributed by atoms with van der Waals surface area (Å²) in [5.74, 6) is 1.17. The van der Waals surface area contributed by atoms with E-state index in [1.54, 1.807) is 44.8 Å². The number of carbonyl (C=O) groups excluding carboxylic acids is 1. The average Bonchev–Trinajstić information content (AvgIpc) is 3.27. The number of carbonyl (C=O) groups is 1. The Bertz CT molecular complexity index is 1870. The highest BCUT2D eigenvalue weighted by Gasteiger charge is 2.36. The van der Waals surface area contributed by atoms with Gasteiger partial charge >= 0.3 is 5.97 Å². The molecule has 0 saturated heterocycles. The summed E-state index contributed by atoms with van der Waals surface area (Å²) >= 11 is 4.85. The van der Waals surface area contributed by atoms with Crippen molar-refractivity contribution in [2.45, 2.75) is 26.8 Å². The van der Waals surface area contributed by atoms with E-state index in [1.807, 2.05) is 49.4 Å². The van der Waals surface area contributed by atoms with Crippen LogP contribution in [-0.2, 0) is 9.53 Å². The Balaban J connectivity index is 1.81. The third-order valence-corrected chi connectivity index (χ3v) is 8.48. The van der Waals surface area contributed by atoms with Gasteiger partial charge in [0.25, 0.3) is 5.56 Å². The molecule has 1 atom stereocenters. The predicted molar refractivity (Wildman–Crippen MR) is 163 cm³/mol. The quantitative estimate of drug-likeness (QED) is 0.249. The molecule has 1 aromatic heterocycles. The minimum atomic E-state index is -0.813. The summed E-state index contributed by atoms with van der Waals surface area (Å²) < 4.78 is 25.2. The molecule has 8 nitrogen and oxygen atoms in total. The topological polar surface area (TPSA) is 88.4 Å². The number of hydrogen-bond acceptors (Lipinski definition) is 8. The van der Waals surface area contributed by atoms with Gasteiger partial charge in [-0.2, -0.15) is 0 Å². The van der Waals surface area contributed by atoms with Crippen molar-refractivity contribution in [3.63, 3.8) is 0 Å². The fourth-order valence-corrected chi connectivity index (χ4v) is 6.51. The van der Waals surface area contributed by atoms with E-state index in [-0.39, 0.29) is 12.2 Å². The van der Waals surface area contributed by atoms with E-state index in [0.29, 0.717) is 50.0 Å². The Morgan fingerprint density at radius 2 is 1.80 bits per heavy atom. The highest BCUT2D eigenvalue weighted by atomic mass is 79.9. The van der Waals surface area contributed by atoms with Gasteiger partial charge in [0.2, 0.25) is 0 Å². The zero-order chi connectivity index (χ0) is 29.3. The minimum Gasteiger partial charge on any atom is -0.496 e. The standard InChI is InChI=1S/C31H29BrN2O6S/c1-6-39-24-14-19(21(32)16-23(24)38-5)15-25-29(35)34-28(26(30(36)40-7-2)17(3)33-31(34)41-25)27-20-11-9-8-10-18(20)12-13-22(27)37-4/h8-16,28H,6-7H2,1-5H3/b25-15+/t28-/m1/s1. The Hall–Kier alpha value is -3.89. The van der Waals surface area contributed by atoms with Gasteiger partial charge < -0.3 is 18.9 Å². The summed E-state index contributed by atoms with van der Waals surface area (Å²) in [6.07, 6.45) is 1.79. The molecule has 0 spiro atoms. The first-order valence-corrected chi connectivity index (χ1v) is 14.7. The van der Waals surface area contributed by atoms with E-state index in [0.717, 1.165) is 20.8 Å². The molecule has 2 heterocycles. The van der Waals surface area contributed by atoms with E-state index >= 15 is 0 Å². The zero-order valence-corrected chi connectivity index (χ0v) is 25.7. The van der Waals surface area contributed by atoms with Crippen molar-refractivity contribution in [1.82, 2.24) is 4.57 Å². The van der Waals surface area contributed by atoms with Gasteiger partial charge in [0.1, 0.15) is 11.8 Å². The second-order valence-electron chi connectivity index (χ2n) is 9.16. The molecule has 1 aliphatic heterocycles. The van der Waals surface area contributed by atoms with Crippen molar-refractivity contribution in [3.05, 3.63) is 95.1 Å². The normalized spacial score (nSPS) is 15.0. The first kappa shape index (κ1) is 28.6. The zero-order valence-electron chi connectivity index (χ0n) is 23.3. The third-order valence-electron chi connectivity index (χ3n) is 6.81. The SMILES string of the molecule is CCOC(=O)C1=C(C)N=c2s/c(=C/c3cc(OCC)c(OC)cc3Br)c(=O)n2[C@H]1c1c(OC)ccc2ccccc12. The molecule has 4 aromatic rings. The molecule has 0 unspecified atom stereocenters. The van der Waals surface area contributed by atoms with Crippen LogP contribution in [0.25, 0.3) is 16.8 Å². The van der Waals surface area contributed by atoms with Crippen molar-refractivity contribution in [1.29, 1.82) is 0 Å². The molecule has 10 heteroatoms. The van der Waals surface area contributed by atoms with Crippen LogP contribution >= 0.6 is 27.3 Å². The number of nitrogens with zero attached hydrogens (tertiary/aromatic N) is 2.